The minimum Gasteiger partial charge on any atom is -0.359 e. The second kappa shape index (κ2) is 4.84. The van der Waals surface area contributed by atoms with Crippen LogP contribution in [0.1, 0.15) is 67.7 Å². The predicted octanol–water partition coefficient (Wildman–Crippen LogP) is 5.15. The molecule has 22 heavy (non-hydrogen) atoms. The van der Waals surface area contributed by atoms with Crippen LogP contribution in [0.15, 0.2) is 24.4 Å². The molecule has 0 aliphatic heterocycles. The second-order valence-corrected chi connectivity index (χ2v) is 7.90. The highest BCUT2D eigenvalue weighted by Gasteiger charge is 2.37. The van der Waals surface area contributed by atoms with Crippen molar-refractivity contribution < 1.29 is 4.79 Å². The molecule has 0 amide bonds. The Balaban J connectivity index is 2.27. The third-order valence-corrected chi connectivity index (χ3v) is 5.38. The third kappa shape index (κ3) is 2.22. The van der Waals surface area contributed by atoms with Crippen molar-refractivity contribution in [1.82, 2.24) is 4.98 Å². The number of fused-ring (bicyclic) bond motifs is 1. The molecular formula is C20H25NO. The Kier molecular flexibility index (Phi) is 3.32. The summed E-state index contributed by atoms with van der Waals surface area (Å²) in [5.41, 5.74) is 7.39. The second-order valence-electron chi connectivity index (χ2n) is 7.90. The van der Waals surface area contributed by atoms with E-state index in [2.05, 4.69) is 51.7 Å². The van der Waals surface area contributed by atoms with Crippen LogP contribution in [-0.2, 0) is 10.8 Å². The summed E-state index contributed by atoms with van der Waals surface area (Å²) in [4.78, 5) is 14.3. The molecule has 0 bridgehead atoms. The largest absolute Gasteiger partial charge is 0.359 e. The van der Waals surface area contributed by atoms with Crippen LogP contribution < -0.4 is 0 Å². The van der Waals surface area contributed by atoms with E-state index < -0.39 is 0 Å². The van der Waals surface area contributed by atoms with Gasteiger partial charge in [-0.2, -0.15) is 0 Å². The number of carbonyl (C=O) groups is 1. The Morgan fingerprint density at radius 2 is 1.59 bits per heavy atom. The van der Waals surface area contributed by atoms with Crippen molar-refractivity contribution in [3.05, 3.63) is 46.8 Å². The zero-order valence-corrected chi connectivity index (χ0v) is 14.2. The van der Waals surface area contributed by atoms with E-state index in [0.717, 1.165) is 11.8 Å². The molecule has 1 aliphatic rings. The van der Waals surface area contributed by atoms with Crippen LogP contribution in [0.3, 0.4) is 0 Å². The summed E-state index contributed by atoms with van der Waals surface area (Å²) in [7, 11) is 0. The van der Waals surface area contributed by atoms with Gasteiger partial charge in [0.2, 0.25) is 0 Å². The molecule has 0 spiro atoms. The fourth-order valence-corrected chi connectivity index (χ4v) is 3.73. The highest BCUT2D eigenvalue weighted by Crippen LogP contribution is 2.47. The van der Waals surface area contributed by atoms with Crippen LogP contribution in [0.2, 0.25) is 0 Å². The van der Waals surface area contributed by atoms with Crippen molar-refractivity contribution in [1.29, 1.82) is 0 Å². The molecule has 0 radical (unpaired) electrons. The van der Waals surface area contributed by atoms with Gasteiger partial charge in [-0.15, -0.1) is 0 Å². The minimum atomic E-state index is 0.185. The Bertz CT molecular complexity index is 734. The normalized spacial score (nSPS) is 18.8. The summed E-state index contributed by atoms with van der Waals surface area (Å²) in [6.45, 7) is 11.5. The molecule has 0 unspecified atom stereocenters. The first kappa shape index (κ1) is 15.1. The van der Waals surface area contributed by atoms with Crippen molar-refractivity contribution in [2.45, 2.75) is 58.3 Å². The Labute approximate surface area is 133 Å². The van der Waals surface area contributed by atoms with E-state index in [0.29, 0.717) is 5.69 Å². The van der Waals surface area contributed by atoms with E-state index in [1.54, 1.807) is 0 Å². The van der Waals surface area contributed by atoms with E-state index in [-0.39, 0.29) is 10.8 Å². The molecule has 3 rings (SSSR count). The number of hydrogen-bond acceptors (Lipinski definition) is 1. The molecule has 1 N–H and O–H groups in total. The fourth-order valence-electron chi connectivity index (χ4n) is 3.73. The monoisotopic (exact) mass is 295 g/mol. The Morgan fingerprint density at radius 1 is 1.00 bits per heavy atom. The smallest absolute Gasteiger partial charge is 0.166 e. The van der Waals surface area contributed by atoms with Gasteiger partial charge in [-0.1, -0.05) is 33.8 Å². The molecule has 1 aromatic heterocycles. The van der Waals surface area contributed by atoms with Gasteiger partial charge in [-0.05, 0) is 65.0 Å². The summed E-state index contributed by atoms with van der Waals surface area (Å²) in [5, 5.41) is 0. The maximum absolute atomic E-state index is 11.3. The molecule has 2 heteroatoms. The summed E-state index contributed by atoms with van der Waals surface area (Å²) < 4.78 is 0. The minimum absolute atomic E-state index is 0.185. The van der Waals surface area contributed by atoms with Crippen LogP contribution in [0.4, 0.5) is 0 Å². The molecular weight excluding hydrogens is 270 g/mol. The van der Waals surface area contributed by atoms with Gasteiger partial charge in [0.15, 0.2) is 6.29 Å². The first-order chi connectivity index (χ1) is 10.3. The van der Waals surface area contributed by atoms with Gasteiger partial charge in [0.25, 0.3) is 0 Å². The number of H-pyrrole nitrogens is 1. The first-order valence-corrected chi connectivity index (χ1v) is 8.05. The molecule has 0 saturated heterocycles. The van der Waals surface area contributed by atoms with Gasteiger partial charge in [-0.3, -0.25) is 4.79 Å². The number of benzene rings is 1. The molecule has 2 aromatic rings. The van der Waals surface area contributed by atoms with Gasteiger partial charge < -0.3 is 4.98 Å². The molecule has 0 atom stereocenters. The number of carbonyl (C=O) groups excluding carboxylic acids is 1. The quantitative estimate of drug-likeness (QED) is 0.763. The van der Waals surface area contributed by atoms with Gasteiger partial charge >= 0.3 is 0 Å². The molecule has 1 heterocycles. The van der Waals surface area contributed by atoms with Gasteiger partial charge in [-0.25, -0.2) is 0 Å². The number of aromatic nitrogens is 1. The van der Waals surface area contributed by atoms with E-state index >= 15 is 0 Å². The van der Waals surface area contributed by atoms with Crippen LogP contribution in [0.5, 0.6) is 0 Å². The van der Waals surface area contributed by atoms with Crippen molar-refractivity contribution in [2.24, 2.45) is 0 Å². The summed E-state index contributed by atoms with van der Waals surface area (Å²) in [6, 6.07) is 6.66. The standard InChI is InChI=1S/C20H25NO/c1-13-10-16-17(20(4,5)8-7-19(16,2)3)11-15(13)14-6-9-21-18(14)12-22/h6,9-12,21H,7-8H2,1-5H3. The number of aldehydes is 1. The molecule has 1 aromatic carbocycles. The van der Waals surface area contributed by atoms with Crippen LogP contribution in [0, 0.1) is 6.92 Å². The first-order valence-electron chi connectivity index (χ1n) is 8.05. The van der Waals surface area contributed by atoms with Crippen LogP contribution in [-0.4, -0.2) is 11.3 Å². The molecule has 0 saturated carbocycles. The highest BCUT2D eigenvalue weighted by atomic mass is 16.1. The Hall–Kier alpha value is -1.83. The molecule has 2 nitrogen and oxygen atoms in total. The maximum Gasteiger partial charge on any atom is 0.166 e. The van der Waals surface area contributed by atoms with Crippen LogP contribution in [0.25, 0.3) is 11.1 Å². The van der Waals surface area contributed by atoms with E-state index in [1.165, 1.54) is 35.1 Å². The number of nitrogens with one attached hydrogen (secondary N) is 1. The number of rotatable bonds is 2. The lowest BCUT2D eigenvalue weighted by Crippen LogP contribution is -2.34. The molecule has 116 valence electrons. The Morgan fingerprint density at radius 3 is 2.18 bits per heavy atom. The van der Waals surface area contributed by atoms with Gasteiger partial charge in [0, 0.05) is 11.8 Å². The fraction of sp³-hybridized carbons (Fsp3) is 0.450. The van der Waals surface area contributed by atoms with E-state index in [1.807, 2.05) is 12.3 Å². The average Bonchev–Trinajstić information content (AvgIpc) is 2.92. The number of hydrogen-bond donors (Lipinski definition) is 1. The summed E-state index contributed by atoms with van der Waals surface area (Å²) in [5.74, 6) is 0. The van der Waals surface area contributed by atoms with Crippen molar-refractivity contribution in [3.8, 4) is 11.1 Å². The lowest BCUT2D eigenvalue weighted by atomic mass is 9.62. The third-order valence-electron chi connectivity index (χ3n) is 5.38. The zero-order valence-electron chi connectivity index (χ0n) is 14.2. The van der Waals surface area contributed by atoms with E-state index in [4.69, 9.17) is 0 Å². The summed E-state index contributed by atoms with van der Waals surface area (Å²) >= 11 is 0. The topological polar surface area (TPSA) is 32.9 Å². The van der Waals surface area contributed by atoms with Crippen LogP contribution >= 0.6 is 0 Å². The highest BCUT2D eigenvalue weighted by molar-refractivity contribution is 5.87. The SMILES string of the molecule is Cc1cc2c(cc1-c1cc[nH]c1C=O)C(C)(C)CCC2(C)C. The van der Waals surface area contributed by atoms with Gasteiger partial charge in [0.1, 0.15) is 0 Å². The number of aryl methyl sites for hydroxylation is 1. The van der Waals surface area contributed by atoms with E-state index in [9.17, 15) is 4.79 Å². The average molecular weight is 295 g/mol. The lowest BCUT2D eigenvalue weighted by Gasteiger charge is -2.42. The summed E-state index contributed by atoms with van der Waals surface area (Å²) in [6.07, 6.45) is 5.16. The maximum atomic E-state index is 11.3. The van der Waals surface area contributed by atoms with Crippen molar-refractivity contribution in [3.63, 3.8) is 0 Å². The molecule has 0 fully saturated rings. The predicted molar refractivity (Wildman–Crippen MR) is 91.6 cm³/mol. The molecule has 1 aliphatic carbocycles. The number of aromatic amines is 1. The van der Waals surface area contributed by atoms with Crippen molar-refractivity contribution in [2.75, 3.05) is 0 Å². The zero-order chi connectivity index (χ0) is 16.1. The van der Waals surface area contributed by atoms with Crippen molar-refractivity contribution >= 4 is 6.29 Å². The lowest BCUT2D eigenvalue weighted by molar-refractivity contribution is 0.112. The van der Waals surface area contributed by atoms with Gasteiger partial charge in [0.05, 0.1) is 5.69 Å².